The Balaban J connectivity index is 0.000000521. The predicted octanol–water partition coefficient (Wildman–Crippen LogP) is 8.04. The van der Waals surface area contributed by atoms with E-state index in [0.717, 1.165) is 33.5 Å². The van der Waals surface area contributed by atoms with Gasteiger partial charge in [-0.05, 0) is 63.8 Å². The summed E-state index contributed by atoms with van der Waals surface area (Å²) in [5, 5.41) is 0. The van der Waals surface area contributed by atoms with Crippen molar-refractivity contribution >= 4 is 29.7 Å². The molecule has 0 saturated carbocycles. The van der Waals surface area contributed by atoms with Crippen LogP contribution < -0.4 is 0 Å². The molecular weight excluding hydrogens is 407 g/mol. The highest BCUT2D eigenvalue weighted by molar-refractivity contribution is 7.82. The van der Waals surface area contributed by atoms with Crippen molar-refractivity contribution in [1.82, 2.24) is 9.97 Å². The minimum Gasteiger partial charge on any atom is -0.249 e. The monoisotopic (exact) mass is 442 g/mol. The maximum absolute atomic E-state index is 11.0. The lowest BCUT2D eigenvalue weighted by Crippen LogP contribution is -2.13. The van der Waals surface area contributed by atoms with Crippen LogP contribution in [0.2, 0.25) is 0 Å². The molecule has 0 unspecified atom stereocenters. The van der Waals surface area contributed by atoms with Gasteiger partial charge in [-0.1, -0.05) is 62.4 Å². The zero-order valence-electron chi connectivity index (χ0n) is 19.9. The van der Waals surface area contributed by atoms with E-state index in [9.17, 15) is 4.53 Å². The number of rotatable bonds is 3. The first-order valence-corrected chi connectivity index (χ1v) is 11.0. The van der Waals surface area contributed by atoms with Gasteiger partial charge >= 0.3 is 0 Å². The fourth-order valence-corrected chi connectivity index (χ4v) is 2.51. The van der Waals surface area contributed by atoms with Crippen LogP contribution in [0.1, 0.15) is 59.7 Å². The van der Waals surface area contributed by atoms with Gasteiger partial charge in [-0.3, -0.25) is 0 Å². The maximum Gasteiger partial charge on any atom is 0.101 e. The van der Waals surface area contributed by atoms with Crippen LogP contribution in [0.15, 0.2) is 54.6 Å². The molecule has 0 atom stereocenters. The van der Waals surface area contributed by atoms with Crippen molar-refractivity contribution in [3.63, 3.8) is 0 Å². The third-order valence-electron chi connectivity index (χ3n) is 3.82. The number of aryl methyl sites for hydroxylation is 1. The molecular formula is C26H35FN2OS. The number of hydrogen-bond acceptors (Lipinski definition) is 4. The van der Waals surface area contributed by atoms with E-state index in [2.05, 4.69) is 67.8 Å². The van der Waals surface area contributed by atoms with Gasteiger partial charge in [-0.2, -0.15) is 17.6 Å². The predicted molar refractivity (Wildman–Crippen MR) is 135 cm³/mol. The summed E-state index contributed by atoms with van der Waals surface area (Å²) >= 11 is 4.51. The van der Waals surface area contributed by atoms with E-state index in [4.69, 9.17) is 9.97 Å². The van der Waals surface area contributed by atoms with Crippen LogP contribution in [0.25, 0.3) is 28.4 Å². The molecule has 3 nitrogen and oxygen atoms in total. The average Bonchev–Trinajstić information content (AvgIpc) is 2.73. The molecule has 0 radical (unpaired) electrons. The van der Waals surface area contributed by atoms with Gasteiger partial charge in [0.1, 0.15) is 5.60 Å². The Morgan fingerprint density at radius 1 is 0.903 bits per heavy atom. The molecule has 2 aromatic carbocycles. The first kappa shape index (κ1) is 26.8. The summed E-state index contributed by atoms with van der Waals surface area (Å²) in [4.78, 5) is 13.0. The Morgan fingerprint density at radius 3 is 2.00 bits per heavy atom. The van der Waals surface area contributed by atoms with E-state index in [1.807, 2.05) is 45.0 Å². The lowest BCUT2D eigenvalue weighted by atomic mass is 10.1. The Labute approximate surface area is 192 Å². The first-order valence-electron chi connectivity index (χ1n) is 10.5. The number of aromatic nitrogens is 2. The third-order valence-corrected chi connectivity index (χ3v) is 3.97. The molecule has 3 rings (SSSR count). The molecule has 0 aliphatic rings. The summed E-state index contributed by atoms with van der Waals surface area (Å²) in [6, 6.07) is 16.3. The summed E-state index contributed by atoms with van der Waals surface area (Å²) in [6.07, 6.45) is 4.16. The molecule has 0 aliphatic carbocycles. The van der Waals surface area contributed by atoms with Gasteiger partial charge in [0.05, 0.1) is 22.4 Å². The molecule has 168 valence electrons. The van der Waals surface area contributed by atoms with Crippen LogP contribution in [-0.4, -0.2) is 20.3 Å². The summed E-state index contributed by atoms with van der Waals surface area (Å²) < 4.78 is 10.9. The molecule has 0 N–H and O–H groups in total. The summed E-state index contributed by atoms with van der Waals surface area (Å²) in [5.74, 6) is 0. The van der Waals surface area contributed by atoms with E-state index < -0.39 is 5.60 Å². The topological polar surface area (TPSA) is 35.0 Å². The van der Waals surface area contributed by atoms with Gasteiger partial charge in [0, 0.05) is 10.3 Å². The molecule has 0 aliphatic heterocycles. The van der Waals surface area contributed by atoms with E-state index in [0.29, 0.717) is 0 Å². The van der Waals surface area contributed by atoms with E-state index in [1.54, 1.807) is 20.8 Å². The number of benzene rings is 2. The second-order valence-corrected chi connectivity index (χ2v) is 9.60. The Hall–Kier alpha value is -2.24. The summed E-state index contributed by atoms with van der Waals surface area (Å²) in [5.41, 5.74) is 5.30. The molecule has 1 aromatic heterocycles. The van der Waals surface area contributed by atoms with Crippen molar-refractivity contribution in [2.45, 2.75) is 65.7 Å². The van der Waals surface area contributed by atoms with E-state index in [-0.39, 0.29) is 4.75 Å². The van der Waals surface area contributed by atoms with Gasteiger partial charge in [0.15, 0.2) is 0 Å². The lowest BCUT2D eigenvalue weighted by Gasteiger charge is -2.10. The smallest absolute Gasteiger partial charge is 0.101 e. The second kappa shape index (κ2) is 12.0. The van der Waals surface area contributed by atoms with Crippen molar-refractivity contribution in [2.24, 2.45) is 0 Å². The average molecular weight is 443 g/mol. The van der Waals surface area contributed by atoms with Crippen molar-refractivity contribution in [3.8, 4) is 11.3 Å². The van der Waals surface area contributed by atoms with Crippen molar-refractivity contribution in [3.05, 3.63) is 65.9 Å². The normalized spacial score (nSPS) is 11.5. The SMILES string of the molecule is CC.CC(C)(C)OF.Cc1nc2cc(/C=C/C(C)(C)S)ccc2nc1-c1ccccc1. The molecule has 0 fully saturated rings. The molecule has 0 amide bonds. The molecule has 1 heterocycles. The van der Waals surface area contributed by atoms with Crippen molar-refractivity contribution in [1.29, 1.82) is 0 Å². The number of fused-ring (bicyclic) bond motifs is 1. The minimum atomic E-state index is -0.625. The van der Waals surface area contributed by atoms with Gasteiger partial charge < -0.3 is 0 Å². The number of thiol groups is 1. The standard InChI is InChI=1S/C20H20N2S.C4H9FO.C2H6/c1-14-19(16-7-5-4-6-8-16)22-17-10-9-15(13-18(17)21-14)11-12-20(2,3)23;1-4(2,3)6-5;1-2/h4-13,23H,1-3H3;1-3H3;1-2H3/b12-11+;;. The molecule has 5 heteroatoms. The fourth-order valence-electron chi connectivity index (χ4n) is 2.43. The highest BCUT2D eigenvalue weighted by Gasteiger charge is 2.09. The Bertz CT molecular complexity index is 974. The van der Waals surface area contributed by atoms with Gasteiger partial charge in [-0.25, -0.2) is 9.97 Å². The Morgan fingerprint density at radius 2 is 1.48 bits per heavy atom. The number of nitrogens with zero attached hydrogens (tertiary/aromatic N) is 2. The van der Waals surface area contributed by atoms with Crippen LogP contribution in [0.3, 0.4) is 0 Å². The highest BCUT2D eigenvalue weighted by atomic mass is 32.1. The molecule has 3 aromatic rings. The van der Waals surface area contributed by atoms with Gasteiger partial charge in [0.2, 0.25) is 0 Å². The van der Waals surface area contributed by atoms with Crippen molar-refractivity contribution < 1.29 is 9.47 Å². The third kappa shape index (κ3) is 9.62. The van der Waals surface area contributed by atoms with E-state index in [1.165, 1.54) is 0 Å². The maximum atomic E-state index is 11.0. The van der Waals surface area contributed by atoms with Gasteiger partial charge in [-0.15, -0.1) is 0 Å². The van der Waals surface area contributed by atoms with Crippen LogP contribution in [0.4, 0.5) is 4.53 Å². The summed E-state index contributed by atoms with van der Waals surface area (Å²) in [7, 11) is 0. The molecule has 0 saturated heterocycles. The van der Waals surface area contributed by atoms with Gasteiger partial charge in [0.25, 0.3) is 0 Å². The number of hydrogen-bond donors (Lipinski definition) is 1. The minimum absolute atomic E-state index is 0.131. The lowest BCUT2D eigenvalue weighted by molar-refractivity contribution is -0.214. The highest BCUT2D eigenvalue weighted by Crippen LogP contribution is 2.24. The molecule has 0 bridgehead atoms. The molecule has 31 heavy (non-hydrogen) atoms. The first-order chi connectivity index (χ1) is 14.5. The van der Waals surface area contributed by atoms with Crippen molar-refractivity contribution in [2.75, 3.05) is 0 Å². The molecule has 0 spiro atoms. The zero-order chi connectivity index (χ0) is 23.7. The summed E-state index contributed by atoms with van der Waals surface area (Å²) in [6.45, 7) is 15.1. The van der Waals surface area contributed by atoms with E-state index >= 15 is 0 Å². The van der Waals surface area contributed by atoms with Crippen LogP contribution in [0.5, 0.6) is 0 Å². The second-order valence-electron chi connectivity index (χ2n) is 8.45. The largest absolute Gasteiger partial charge is 0.249 e. The zero-order valence-corrected chi connectivity index (χ0v) is 20.8. The number of halogens is 1. The van der Waals surface area contributed by atoms with Crippen LogP contribution in [0, 0.1) is 6.92 Å². The fraction of sp³-hybridized carbons (Fsp3) is 0.385. The Kier molecular flexibility index (Phi) is 10.3. The quantitative estimate of drug-likeness (QED) is 0.417. The van der Waals surface area contributed by atoms with Crippen LogP contribution in [-0.2, 0) is 4.94 Å². The van der Waals surface area contributed by atoms with Crippen LogP contribution >= 0.6 is 12.6 Å².